The lowest BCUT2D eigenvalue weighted by molar-refractivity contribution is 1.11. The van der Waals surface area contributed by atoms with E-state index in [9.17, 15) is 0 Å². The minimum atomic E-state index is 0. The van der Waals surface area contributed by atoms with E-state index in [1.165, 1.54) is 0 Å². The molecule has 0 aliphatic carbocycles. The van der Waals surface area contributed by atoms with Gasteiger partial charge in [-0.1, -0.05) is 12.1 Å². The number of hydrogen-bond acceptors (Lipinski definition) is 2. The van der Waals surface area contributed by atoms with Gasteiger partial charge in [0.15, 0.2) is 0 Å². The zero-order chi connectivity index (χ0) is 5.98. The minimum absolute atomic E-state index is 0. The van der Waals surface area contributed by atoms with Gasteiger partial charge in [-0.2, -0.15) is 0 Å². The van der Waals surface area contributed by atoms with Gasteiger partial charge < -0.3 is 11.5 Å². The van der Waals surface area contributed by atoms with Gasteiger partial charge in [0.1, 0.15) is 0 Å². The van der Waals surface area contributed by atoms with Crippen LogP contribution in [0.15, 0.2) is 24.3 Å². The van der Waals surface area contributed by atoms with Crippen molar-refractivity contribution in [2.75, 3.05) is 11.5 Å². The maximum atomic E-state index is 5.39. The number of halogens is 4. The largest absolute Gasteiger partial charge is 0.397 e. The van der Waals surface area contributed by atoms with Crippen molar-refractivity contribution in [2.24, 2.45) is 0 Å². The molecule has 4 N–H and O–H groups in total. The first kappa shape index (κ1) is 22.4. The number of para-hydroxylation sites is 2. The molecule has 1 rings (SSSR count). The van der Waals surface area contributed by atoms with E-state index in [0.29, 0.717) is 11.4 Å². The van der Waals surface area contributed by atoms with Crippen LogP contribution < -0.4 is 11.5 Å². The van der Waals surface area contributed by atoms with E-state index in [1.807, 2.05) is 12.1 Å². The van der Waals surface area contributed by atoms with Gasteiger partial charge in [0.2, 0.25) is 0 Å². The van der Waals surface area contributed by atoms with E-state index in [-0.39, 0.29) is 18.8 Å². The summed E-state index contributed by atoms with van der Waals surface area (Å²) in [6, 6.07) is 7.25. The fourth-order valence-corrected chi connectivity index (χ4v) is 0.511. The van der Waals surface area contributed by atoms with Crippen LogP contribution >= 0.6 is 0 Å². The van der Waals surface area contributed by atoms with E-state index in [2.05, 4.69) is 0 Å². The Hall–Kier alpha value is -1.46. The van der Waals surface area contributed by atoms with Gasteiger partial charge in [0.25, 0.3) is 0 Å². The highest BCUT2D eigenvalue weighted by Crippen LogP contribution is 2.10. The first-order chi connectivity index (χ1) is 3.80. The number of nitrogen functional groups attached to an aromatic ring is 2. The molecule has 0 spiro atoms. The summed E-state index contributed by atoms with van der Waals surface area (Å²) in [7, 11) is 0. The molecule has 2 nitrogen and oxygen atoms in total. The Morgan fingerprint density at radius 3 is 1.08 bits per heavy atom. The molecule has 1 aromatic rings. The molecule has 0 heterocycles. The second-order valence-electron chi connectivity index (χ2n) is 1.63. The van der Waals surface area contributed by atoms with Crippen molar-refractivity contribution >= 4 is 11.4 Å². The summed E-state index contributed by atoms with van der Waals surface area (Å²) in [6.07, 6.45) is 0. The number of anilines is 2. The molecular formula is C6H12F4N2. The summed E-state index contributed by atoms with van der Waals surface area (Å²) < 4.78 is 0. The second-order valence-corrected chi connectivity index (χ2v) is 1.63. The van der Waals surface area contributed by atoms with Gasteiger partial charge >= 0.3 is 0 Å². The van der Waals surface area contributed by atoms with Crippen molar-refractivity contribution < 1.29 is 18.8 Å². The third-order valence-electron chi connectivity index (χ3n) is 0.996. The third-order valence-corrected chi connectivity index (χ3v) is 0.996. The van der Waals surface area contributed by atoms with Gasteiger partial charge in [-0.25, -0.2) is 0 Å². The van der Waals surface area contributed by atoms with E-state index in [4.69, 9.17) is 11.5 Å². The summed E-state index contributed by atoms with van der Waals surface area (Å²) in [5.74, 6) is 0. The van der Waals surface area contributed by atoms with Crippen LogP contribution in [0.2, 0.25) is 0 Å². The number of rotatable bonds is 0. The highest BCUT2D eigenvalue weighted by atomic mass is 19.0. The van der Waals surface area contributed by atoms with Crippen molar-refractivity contribution in [3.8, 4) is 0 Å². The average molecular weight is 188 g/mol. The highest BCUT2D eigenvalue weighted by Gasteiger charge is 1.85. The Morgan fingerprint density at radius 1 is 0.667 bits per heavy atom. The molecule has 1 aromatic carbocycles. The lowest BCUT2D eigenvalue weighted by atomic mass is 10.3. The molecule has 0 saturated carbocycles. The Balaban J connectivity index is -0.0000000800. The Kier molecular flexibility index (Phi) is 17.8. The number of benzene rings is 1. The van der Waals surface area contributed by atoms with Gasteiger partial charge in [0.05, 0.1) is 11.4 Å². The van der Waals surface area contributed by atoms with Gasteiger partial charge in [-0.3, -0.25) is 18.8 Å². The van der Waals surface area contributed by atoms with Gasteiger partial charge in [-0.15, -0.1) is 0 Å². The molecular weight excluding hydrogens is 176 g/mol. The average Bonchev–Trinajstić information content (AvgIpc) is 1.77. The van der Waals surface area contributed by atoms with Gasteiger partial charge in [-0.05, 0) is 12.1 Å². The van der Waals surface area contributed by atoms with Crippen LogP contribution in [-0.4, -0.2) is 0 Å². The Labute approximate surface area is 67.0 Å². The molecule has 0 fully saturated rings. The van der Waals surface area contributed by atoms with Crippen LogP contribution in [0, 0.1) is 0 Å². The standard InChI is InChI=1S/C6H8N2.4FH/c7-5-3-1-2-4-6(5)8;;;;/h1-4H,7-8H2;4*1H. The zero-order valence-corrected chi connectivity index (χ0v) is 6.10. The van der Waals surface area contributed by atoms with E-state index >= 15 is 0 Å². The van der Waals surface area contributed by atoms with Crippen LogP contribution in [0.3, 0.4) is 0 Å². The molecule has 0 aromatic heterocycles. The lowest BCUT2D eigenvalue weighted by Gasteiger charge is -1.94. The van der Waals surface area contributed by atoms with E-state index in [1.54, 1.807) is 12.1 Å². The Bertz CT molecular complexity index is 174. The molecule has 12 heavy (non-hydrogen) atoms. The molecule has 6 heteroatoms. The summed E-state index contributed by atoms with van der Waals surface area (Å²) in [4.78, 5) is 0. The first-order valence-corrected chi connectivity index (χ1v) is 2.40. The summed E-state index contributed by atoms with van der Waals surface area (Å²) in [6.45, 7) is 0. The smallest absolute Gasteiger partial charge is 0.0547 e. The van der Waals surface area contributed by atoms with Crippen LogP contribution in [0.1, 0.15) is 0 Å². The molecule has 0 aliphatic heterocycles. The van der Waals surface area contributed by atoms with Crippen LogP contribution in [0.4, 0.5) is 30.2 Å². The topological polar surface area (TPSA) is 52.0 Å². The molecule has 0 amide bonds. The van der Waals surface area contributed by atoms with Crippen molar-refractivity contribution in [3.63, 3.8) is 0 Å². The lowest BCUT2D eigenvalue weighted by Crippen LogP contribution is -1.91. The monoisotopic (exact) mass is 188 g/mol. The minimum Gasteiger partial charge on any atom is -0.397 e. The van der Waals surface area contributed by atoms with Crippen molar-refractivity contribution in [2.45, 2.75) is 0 Å². The zero-order valence-electron chi connectivity index (χ0n) is 6.10. The highest BCUT2D eigenvalue weighted by molar-refractivity contribution is 5.62. The fraction of sp³-hybridized carbons (Fsp3) is 0. The molecule has 0 saturated heterocycles. The predicted molar refractivity (Wildman–Crippen MR) is 45.3 cm³/mol. The quantitative estimate of drug-likeness (QED) is 0.478. The third kappa shape index (κ3) is 5.33. The summed E-state index contributed by atoms with van der Waals surface area (Å²) >= 11 is 0. The van der Waals surface area contributed by atoms with Crippen molar-refractivity contribution in [1.82, 2.24) is 0 Å². The first-order valence-electron chi connectivity index (χ1n) is 2.40. The molecule has 74 valence electrons. The maximum absolute atomic E-state index is 5.39. The van der Waals surface area contributed by atoms with Crippen molar-refractivity contribution in [1.29, 1.82) is 0 Å². The summed E-state index contributed by atoms with van der Waals surface area (Å²) in [5.41, 5.74) is 12.1. The molecule has 0 unspecified atom stereocenters. The van der Waals surface area contributed by atoms with Gasteiger partial charge in [0, 0.05) is 0 Å². The SMILES string of the molecule is F.F.F.F.Nc1ccccc1N. The van der Waals surface area contributed by atoms with Crippen LogP contribution in [0.25, 0.3) is 0 Å². The molecule has 0 aliphatic rings. The van der Waals surface area contributed by atoms with E-state index < -0.39 is 0 Å². The second kappa shape index (κ2) is 9.54. The molecule has 0 bridgehead atoms. The molecule has 0 atom stereocenters. The predicted octanol–water partition coefficient (Wildman–Crippen LogP) is 1.46. The maximum Gasteiger partial charge on any atom is 0.0547 e. The van der Waals surface area contributed by atoms with E-state index in [0.717, 1.165) is 0 Å². The van der Waals surface area contributed by atoms with Crippen LogP contribution in [0.5, 0.6) is 0 Å². The van der Waals surface area contributed by atoms with Crippen LogP contribution in [-0.2, 0) is 0 Å². The number of hydrogen-bond donors (Lipinski definition) is 2. The fourth-order valence-electron chi connectivity index (χ4n) is 0.511. The number of nitrogens with two attached hydrogens (primary N) is 2. The Morgan fingerprint density at radius 2 is 0.917 bits per heavy atom. The van der Waals surface area contributed by atoms with Crippen molar-refractivity contribution in [3.05, 3.63) is 24.3 Å². The summed E-state index contributed by atoms with van der Waals surface area (Å²) in [5, 5.41) is 0. The normalized spacial score (nSPS) is 6.00. The molecule has 0 radical (unpaired) electrons.